The predicted octanol–water partition coefficient (Wildman–Crippen LogP) is 4.25. The van der Waals surface area contributed by atoms with Gasteiger partial charge in [-0.2, -0.15) is 0 Å². The molecule has 112 valence electrons. The summed E-state index contributed by atoms with van der Waals surface area (Å²) in [6.45, 7) is -0.0281. The molecule has 0 aromatic heterocycles. The van der Waals surface area contributed by atoms with Crippen LogP contribution in [0.2, 0.25) is 5.02 Å². The molecule has 2 aromatic carbocycles. The highest BCUT2D eigenvalue weighted by atomic mass is 35.5. The first-order valence-corrected chi connectivity index (χ1v) is 6.53. The molecule has 0 spiro atoms. The van der Waals surface area contributed by atoms with E-state index in [2.05, 4.69) is 5.32 Å². The molecule has 21 heavy (non-hydrogen) atoms. The summed E-state index contributed by atoms with van der Waals surface area (Å²) in [4.78, 5) is 0. The topological polar surface area (TPSA) is 30.5 Å². The number of hydrogen-bond acceptors (Lipinski definition) is 3. The lowest BCUT2D eigenvalue weighted by atomic mass is 10.2. The minimum Gasteiger partial charge on any atom is -0.495 e. The Hall–Kier alpha value is -2.01. The van der Waals surface area contributed by atoms with Crippen LogP contribution in [0.4, 0.5) is 14.5 Å². The second-order valence-electron chi connectivity index (χ2n) is 4.24. The van der Waals surface area contributed by atoms with Crippen LogP contribution in [0.1, 0.15) is 5.56 Å². The van der Waals surface area contributed by atoms with E-state index in [0.717, 1.165) is 0 Å². The van der Waals surface area contributed by atoms with Gasteiger partial charge in [-0.1, -0.05) is 17.7 Å². The third-order valence-corrected chi connectivity index (χ3v) is 3.29. The zero-order chi connectivity index (χ0) is 15.4. The van der Waals surface area contributed by atoms with Gasteiger partial charge in [0.2, 0.25) is 0 Å². The first-order valence-electron chi connectivity index (χ1n) is 6.15. The van der Waals surface area contributed by atoms with Crippen LogP contribution in [0, 0.1) is 11.6 Å². The van der Waals surface area contributed by atoms with Gasteiger partial charge in [-0.15, -0.1) is 0 Å². The first-order chi connectivity index (χ1) is 10.1. The maximum Gasteiger partial charge on any atom is 0.143 e. The molecule has 0 saturated carbocycles. The fraction of sp³-hybridized carbons (Fsp3) is 0.200. The predicted molar refractivity (Wildman–Crippen MR) is 78.2 cm³/mol. The summed E-state index contributed by atoms with van der Waals surface area (Å²) in [6, 6.07) is 6.92. The summed E-state index contributed by atoms with van der Waals surface area (Å²) in [5, 5.41) is 3.31. The van der Waals surface area contributed by atoms with Gasteiger partial charge in [0.1, 0.15) is 23.1 Å². The molecule has 3 nitrogen and oxygen atoms in total. The lowest BCUT2D eigenvalue weighted by Gasteiger charge is -2.14. The monoisotopic (exact) mass is 313 g/mol. The average Bonchev–Trinajstić information content (AvgIpc) is 2.47. The van der Waals surface area contributed by atoms with Crippen molar-refractivity contribution in [1.82, 2.24) is 0 Å². The van der Waals surface area contributed by atoms with Crippen molar-refractivity contribution in [1.29, 1.82) is 0 Å². The van der Waals surface area contributed by atoms with Crippen LogP contribution in [0.5, 0.6) is 11.5 Å². The summed E-state index contributed by atoms with van der Waals surface area (Å²) in [7, 11) is 2.96. The fourth-order valence-electron chi connectivity index (χ4n) is 1.88. The zero-order valence-electron chi connectivity index (χ0n) is 11.5. The number of benzene rings is 2. The molecule has 0 heterocycles. The fourth-order valence-corrected chi connectivity index (χ4v) is 2.11. The van der Waals surface area contributed by atoms with Crippen LogP contribution in [0.15, 0.2) is 30.3 Å². The lowest BCUT2D eigenvalue weighted by Crippen LogP contribution is -2.06. The average molecular weight is 314 g/mol. The van der Waals surface area contributed by atoms with Crippen LogP contribution >= 0.6 is 11.6 Å². The van der Waals surface area contributed by atoms with Crippen LogP contribution in [-0.4, -0.2) is 14.2 Å². The van der Waals surface area contributed by atoms with E-state index in [0.29, 0.717) is 22.2 Å². The van der Waals surface area contributed by atoms with Gasteiger partial charge in [0.05, 0.1) is 24.9 Å². The van der Waals surface area contributed by atoms with Crippen molar-refractivity contribution in [3.63, 3.8) is 0 Å². The highest BCUT2D eigenvalue weighted by Crippen LogP contribution is 2.36. The molecule has 2 rings (SSSR count). The van der Waals surface area contributed by atoms with Crippen LogP contribution in [-0.2, 0) is 6.54 Å². The quantitative estimate of drug-likeness (QED) is 0.895. The van der Waals surface area contributed by atoms with E-state index in [1.165, 1.54) is 32.4 Å². The molecule has 0 saturated heterocycles. The Morgan fingerprint density at radius 3 is 2.24 bits per heavy atom. The summed E-state index contributed by atoms with van der Waals surface area (Å²) < 4.78 is 37.5. The zero-order valence-corrected chi connectivity index (χ0v) is 12.3. The Morgan fingerprint density at radius 1 is 1.05 bits per heavy atom. The molecule has 0 fully saturated rings. The third kappa shape index (κ3) is 3.36. The molecule has 1 N–H and O–H groups in total. The summed E-state index contributed by atoms with van der Waals surface area (Å²) in [5.41, 5.74) is 0.481. The largest absolute Gasteiger partial charge is 0.495 e. The van der Waals surface area contributed by atoms with Crippen LogP contribution in [0.3, 0.4) is 0 Å². The maximum absolute atomic E-state index is 13.6. The van der Waals surface area contributed by atoms with E-state index in [4.69, 9.17) is 21.1 Å². The number of ether oxygens (including phenoxy) is 2. The van der Waals surface area contributed by atoms with Crippen molar-refractivity contribution in [2.45, 2.75) is 6.54 Å². The van der Waals surface area contributed by atoms with Gasteiger partial charge >= 0.3 is 0 Å². The van der Waals surface area contributed by atoms with Gasteiger partial charge in [0.15, 0.2) is 0 Å². The molecule has 0 unspecified atom stereocenters. The van der Waals surface area contributed by atoms with Crippen molar-refractivity contribution in [3.05, 3.63) is 52.6 Å². The van der Waals surface area contributed by atoms with Gasteiger partial charge in [-0.25, -0.2) is 8.78 Å². The molecule has 2 aromatic rings. The van der Waals surface area contributed by atoms with E-state index in [-0.39, 0.29) is 12.1 Å². The molecule has 0 amide bonds. The van der Waals surface area contributed by atoms with Crippen molar-refractivity contribution < 1.29 is 18.3 Å². The third-order valence-electron chi connectivity index (χ3n) is 2.99. The molecular weight excluding hydrogens is 300 g/mol. The summed E-state index contributed by atoms with van der Waals surface area (Å²) in [5.74, 6) is -0.323. The number of methoxy groups -OCH3 is 2. The van der Waals surface area contributed by atoms with E-state index in [1.54, 1.807) is 12.1 Å². The lowest BCUT2D eigenvalue weighted by molar-refractivity contribution is 0.404. The second-order valence-corrected chi connectivity index (χ2v) is 4.65. The number of rotatable bonds is 5. The Kier molecular flexibility index (Phi) is 4.85. The van der Waals surface area contributed by atoms with Gasteiger partial charge in [0.25, 0.3) is 0 Å². The van der Waals surface area contributed by atoms with E-state index < -0.39 is 11.6 Å². The molecule has 0 atom stereocenters. The van der Waals surface area contributed by atoms with Gasteiger partial charge in [-0.3, -0.25) is 0 Å². The smallest absolute Gasteiger partial charge is 0.143 e. The molecule has 6 heteroatoms. The minimum absolute atomic E-state index is 0.0281. The highest BCUT2D eigenvalue weighted by Gasteiger charge is 2.12. The molecule has 0 aliphatic carbocycles. The molecule has 0 bridgehead atoms. The molecule has 0 aliphatic rings. The molecular formula is C15H14ClF2NO2. The first kappa shape index (κ1) is 15.4. The Bertz CT molecular complexity index is 630. The minimum atomic E-state index is -0.609. The standard InChI is InChI=1S/C15H14ClF2NO2/c1-20-14-7-13(15(21-2)6-10(14)16)19-8-9-11(17)4-3-5-12(9)18/h3-7,19H,8H2,1-2H3. The Balaban J connectivity index is 2.27. The summed E-state index contributed by atoms with van der Waals surface area (Å²) in [6.07, 6.45) is 0. The van der Waals surface area contributed by atoms with Gasteiger partial charge in [0, 0.05) is 24.2 Å². The second kappa shape index (κ2) is 6.63. The molecule has 0 radical (unpaired) electrons. The Morgan fingerprint density at radius 2 is 1.67 bits per heavy atom. The van der Waals surface area contributed by atoms with Crippen molar-refractivity contribution in [2.75, 3.05) is 19.5 Å². The van der Waals surface area contributed by atoms with E-state index in [1.807, 2.05) is 0 Å². The normalized spacial score (nSPS) is 10.3. The van der Waals surface area contributed by atoms with Gasteiger partial charge in [-0.05, 0) is 12.1 Å². The maximum atomic E-state index is 13.6. The van der Waals surface area contributed by atoms with Crippen LogP contribution in [0.25, 0.3) is 0 Å². The number of halogens is 3. The van der Waals surface area contributed by atoms with Crippen LogP contribution < -0.4 is 14.8 Å². The number of hydrogen-bond donors (Lipinski definition) is 1. The van der Waals surface area contributed by atoms with Crippen molar-refractivity contribution >= 4 is 17.3 Å². The van der Waals surface area contributed by atoms with Gasteiger partial charge < -0.3 is 14.8 Å². The van der Waals surface area contributed by atoms with Crippen molar-refractivity contribution in [2.24, 2.45) is 0 Å². The van der Waals surface area contributed by atoms with E-state index >= 15 is 0 Å². The SMILES string of the molecule is COc1cc(NCc2c(F)cccc2F)c(OC)cc1Cl. The number of anilines is 1. The molecule has 0 aliphatic heterocycles. The number of nitrogens with one attached hydrogen (secondary N) is 1. The van der Waals surface area contributed by atoms with Crippen molar-refractivity contribution in [3.8, 4) is 11.5 Å². The Labute approximate surface area is 126 Å². The van der Waals surface area contributed by atoms with E-state index in [9.17, 15) is 8.78 Å². The highest BCUT2D eigenvalue weighted by molar-refractivity contribution is 6.32. The summed E-state index contributed by atoms with van der Waals surface area (Å²) >= 11 is 6.00.